The molecule has 3 rings (SSSR count). The number of aromatic nitrogens is 3. The van der Waals surface area contributed by atoms with Crippen LogP contribution in [0.4, 0.5) is 4.39 Å². The van der Waals surface area contributed by atoms with E-state index in [1.54, 1.807) is 19.2 Å². The molecule has 0 aliphatic carbocycles. The van der Waals surface area contributed by atoms with Gasteiger partial charge in [0, 0.05) is 5.56 Å². The molecule has 0 radical (unpaired) electrons. The zero-order chi connectivity index (χ0) is 17.8. The van der Waals surface area contributed by atoms with Crippen molar-refractivity contribution in [2.75, 3.05) is 13.7 Å². The Hall–Kier alpha value is -2.93. The van der Waals surface area contributed by atoms with Crippen LogP contribution in [0.2, 0.25) is 0 Å². The van der Waals surface area contributed by atoms with E-state index in [9.17, 15) is 4.39 Å². The smallest absolute Gasteiger partial charge is 0.181 e. The molecule has 0 bridgehead atoms. The molecule has 0 aliphatic heterocycles. The summed E-state index contributed by atoms with van der Waals surface area (Å²) in [4.78, 5) is 4.41. The van der Waals surface area contributed by atoms with Crippen LogP contribution in [-0.2, 0) is 0 Å². The lowest BCUT2D eigenvalue weighted by Crippen LogP contribution is -2.14. The molecule has 1 atom stereocenters. The van der Waals surface area contributed by atoms with E-state index in [-0.39, 0.29) is 5.82 Å². The summed E-state index contributed by atoms with van der Waals surface area (Å²) in [6.45, 7) is 2.45. The zero-order valence-electron chi connectivity index (χ0n) is 14.0. The van der Waals surface area contributed by atoms with Crippen molar-refractivity contribution >= 4 is 0 Å². The van der Waals surface area contributed by atoms with Crippen LogP contribution in [0.25, 0.3) is 11.4 Å². The SMILES string of the molecule is CCOc1ccc([C@@H](N)c2nc(-c3ccc(F)cc3)n[nH]2)cc1OC. The summed E-state index contributed by atoms with van der Waals surface area (Å²) < 4.78 is 23.9. The number of aromatic amines is 1. The van der Waals surface area contributed by atoms with E-state index in [2.05, 4.69) is 15.2 Å². The maximum atomic E-state index is 13.0. The van der Waals surface area contributed by atoms with Gasteiger partial charge in [-0.1, -0.05) is 6.07 Å². The predicted molar refractivity (Wildman–Crippen MR) is 92.0 cm³/mol. The fraction of sp³-hybridized carbons (Fsp3) is 0.222. The van der Waals surface area contributed by atoms with Crippen LogP contribution in [0.1, 0.15) is 24.4 Å². The molecule has 1 heterocycles. The zero-order valence-corrected chi connectivity index (χ0v) is 14.0. The molecule has 0 spiro atoms. The van der Waals surface area contributed by atoms with Gasteiger partial charge >= 0.3 is 0 Å². The Bertz CT molecular complexity index is 849. The first-order valence-corrected chi connectivity index (χ1v) is 7.87. The van der Waals surface area contributed by atoms with Gasteiger partial charge in [-0.15, -0.1) is 0 Å². The number of nitrogens with one attached hydrogen (secondary N) is 1. The normalized spacial score (nSPS) is 12.0. The monoisotopic (exact) mass is 342 g/mol. The van der Waals surface area contributed by atoms with Crippen LogP contribution < -0.4 is 15.2 Å². The molecule has 6 nitrogen and oxygen atoms in total. The second-order valence-corrected chi connectivity index (χ2v) is 5.37. The molecule has 0 saturated carbocycles. The minimum absolute atomic E-state index is 0.308. The van der Waals surface area contributed by atoms with Crippen LogP contribution in [0, 0.1) is 5.82 Å². The number of halogens is 1. The fourth-order valence-electron chi connectivity index (χ4n) is 2.45. The first kappa shape index (κ1) is 16.9. The lowest BCUT2D eigenvalue weighted by atomic mass is 10.1. The highest BCUT2D eigenvalue weighted by Crippen LogP contribution is 2.31. The van der Waals surface area contributed by atoms with E-state index >= 15 is 0 Å². The number of rotatable bonds is 6. The van der Waals surface area contributed by atoms with Crippen LogP contribution in [-0.4, -0.2) is 28.9 Å². The molecule has 3 aromatic rings. The van der Waals surface area contributed by atoms with E-state index in [0.29, 0.717) is 35.3 Å². The van der Waals surface area contributed by atoms with Crippen molar-refractivity contribution < 1.29 is 13.9 Å². The highest BCUT2D eigenvalue weighted by Gasteiger charge is 2.17. The summed E-state index contributed by atoms with van der Waals surface area (Å²) in [6, 6.07) is 10.9. The van der Waals surface area contributed by atoms with Crippen molar-refractivity contribution in [1.82, 2.24) is 15.2 Å². The molecule has 25 heavy (non-hydrogen) atoms. The number of hydrogen-bond acceptors (Lipinski definition) is 5. The molecule has 7 heteroatoms. The van der Waals surface area contributed by atoms with Gasteiger partial charge in [-0.3, -0.25) is 5.10 Å². The van der Waals surface area contributed by atoms with Gasteiger partial charge in [0.1, 0.15) is 11.6 Å². The highest BCUT2D eigenvalue weighted by molar-refractivity contribution is 5.54. The van der Waals surface area contributed by atoms with Crippen molar-refractivity contribution in [3.63, 3.8) is 0 Å². The van der Waals surface area contributed by atoms with E-state index in [1.165, 1.54) is 12.1 Å². The van der Waals surface area contributed by atoms with E-state index in [1.807, 2.05) is 25.1 Å². The highest BCUT2D eigenvalue weighted by atomic mass is 19.1. The average molecular weight is 342 g/mol. The maximum Gasteiger partial charge on any atom is 0.181 e. The summed E-state index contributed by atoms with van der Waals surface area (Å²) in [5, 5.41) is 7.00. The molecule has 0 unspecified atom stereocenters. The van der Waals surface area contributed by atoms with Crippen LogP contribution in [0.5, 0.6) is 11.5 Å². The minimum atomic E-state index is -0.508. The third-order valence-electron chi connectivity index (χ3n) is 3.75. The van der Waals surface area contributed by atoms with Gasteiger partial charge in [-0.2, -0.15) is 5.10 Å². The Balaban J connectivity index is 1.86. The van der Waals surface area contributed by atoms with Crippen molar-refractivity contribution in [3.8, 4) is 22.9 Å². The summed E-state index contributed by atoms with van der Waals surface area (Å²) in [5.74, 6) is 1.92. The van der Waals surface area contributed by atoms with Crippen LogP contribution >= 0.6 is 0 Å². The van der Waals surface area contributed by atoms with Crippen molar-refractivity contribution in [3.05, 3.63) is 59.7 Å². The minimum Gasteiger partial charge on any atom is -0.493 e. The van der Waals surface area contributed by atoms with Crippen molar-refractivity contribution in [1.29, 1.82) is 0 Å². The molecular formula is C18H19FN4O2. The molecule has 0 aliphatic rings. The van der Waals surface area contributed by atoms with Crippen LogP contribution in [0.15, 0.2) is 42.5 Å². The Morgan fingerprint density at radius 2 is 1.92 bits per heavy atom. The maximum absolute atomic E-state index is 13.0. The Labute approximate surface area is 144 Å². The van der Waals surface area contributed by atoms with Gasteiger partial charge in [0.05, 0.1) is 19.8 Å². The Morgan fingerprint density at radius 3 is 2.60 bits per heavy atom. The number of nitrogens with zero attached hydrogens (tertiary/aromatic N) is 2. The molecule has 0 saturated heterocycles. The number of ether oxygens (including phenoxy) is 2. The van der Waals surface area contributed by atoms with Gasteiger partial charge < -0.3 is 15.2 Å². The molecule has 0 amide bonds. The second kappa shape index (κ2) is 7.31. The number of benzene rings is 2. The van der Waals surface area contributed by atoms with Crippen LogP contribution in [0.3, 0.4) is 0 Å². The fourth-order valence-corrected chi connectivity index (χ4v) is 2.45. The standard InChI is InChI=1S/C18H19FN4O2/c1-3-25-14-9-6-12(10-15(14)24-2)16(20)18-21-17(22-23-18)11-4-7-13(19)8-5-11/h4-10,16H,3,20H2,1-2H3,(H,21,22,23)/t16-/m1/s1. The molecular weight excluding hydrogens is 323 g/mol. The molecule has 0 fully saturated rings. The van der Waals surface area contributed by atoms with E-state index < -0.39 is 6.04 Å². The Morgan fingerprint density at radius 1 is 1.16 bits per heavy atom. The molecule has 3 N–H and O–H groups in total. The summed E-state index contributed by atoms with van der Waals surface area (Å²) >= 11 is 0. The number of methoxy groups -OCH3 is 1. The third kappa shape index (κ3) is 3.61. The van der Waals surface area contributed by atoms with Crippen molar-refractivity contribution in [2.24, 2.45) is 5.73 Å². The van der Waals surface area contributed by atoms with Gasteiger partial charge in [-0.05, 0) is 48.9 Å². The largest absolute Gasteiger partial charge is 0.493 e. The third-order valence-corrected chi connectivity index (χ3v) is 3.75. The van der Waals surface area contributed by atoms with Gasteiger partial charge in [0.25, 0.3) is 0 Å². The summed E-state index contributed by atoms with van der Waals surface area (Å²) in [6.07, 6.45) is 0. The predicted octanol–water partition coefficient (Wildman–Crippen LogP) is 3.07. The van der Waals surface area contributed by atoms with Crippen molar-refractivity contribution in [2.45, 2.75) is 13.0 Å². The summed E-state index contributed by atoms with van der Waals surface area (Å²) in [7, 11) is 1.58. The van der Waals surface area contributed by atoms with Gasteiger partial charge in [-0.25, -0.2) is 9.37 Å². The first-order chi connectivity index (χ1) is 12.1. The molecule has 130 valence electrons. The van der Waals surface area contributed by atoms with Gasteiger partial charge in [0.15, 0.2) is 17.3 Å². The second-order valence-electron chi connectivity index (χ2n) is 5.37. The lowest BCUT2D eigenvalue weighted by Gasteiger charge is -2.13. The average Bonchev–Trinajstić information content (AvgIpc) is 3.12. The van der Waals surface area contributed by atoms with E-state index in [0.717, 1.165) is 5.56 Å². The summed E-state index contributed by atoms with van der Waals surface area (Å²) in [5.41, 5.74) is 7.81. The topological polar surface area (TPSA) is 86.0 Å². The molecule has 1 aromatic heterocycles. The number of H-pyrrole nitrogens is 1. The quantitative estimate of drug-likeness (QED) is 0.719. The number of nitrogens with two attached hydrogens (primary N) is 1. The Kier molecular flexibility index (Phi) is 4.95. The van der Waals surface area contributed by atoms with E-state index in [4.69, 9.17) is 15.2 Å². The number of hydrogen-bond donors (Lipinski definition) is 2. The molecule has 2 aromatic carbocycles. The van der Waals surface area contributed by atoms with Gasteiger partial charge in [0.2, 0.25) is 0 Å². The lowest BCUT2D eigenvalue weighted by molar-refractivity contribution is 0.310. The first-order valence-electron chi connectivity index (χ1n) is 7.87.